The maximum atomic E-state index is 12.6. The second kappa shape index (κ2) is 7.30. The van der Waals surface area contributed by atoms with Gasteiger partial charge in [0.05, 0.1) is 21.2 Å². The summed E-state index contributed by atoms with van der Waals surface area (Å²) in [5.41, 5.74) is 0.260. The summed E-state index contributed by atoms with van der Waals surface area (Å²) < 4.78 is 0. The summed E-state index contributed by atoms with van der Waals surface area (Å²) in [6, 6.07) is 1.65. The first-order chi connectivity index (χ1) is 12.3. The lowest BCUT2D eigenvalue weighted by molar-refractivity contribution is -0.119. The average Bonchev–Trinajstić information content (AvgIpc) is 3.12. The van der Waals surface area contributed by atoms with E-state index < -0.39 is 23.8 Å². The largest absolute Gasteiger partial charge is 0.299 e. The Kier molecular flexibility index (Phi) is 5.27. The highest BCUT2D eigenvalue weighted by atomic mass is 35.5. The van der Waals surface area contributed by atoms with Gasteiger partial charge in [0.1, 0.15) is 11.0 Å². The summed E-state index contributed by atoms with van der Waals surface area (Å²) in [6.45, 7) is 3.48. The summed E-state index contributed by atoms with van der Waals surface area (Å²) in [4.78, 5) is 38.5. The molecule has 2 aromatic rings. The molecule has 3 rings (SSSR count). The number of amides is 3. The smallest absolute Gasteiger partial charge is 0.262 e. The molecule has 10 heteroatoms. The standard InChI is InChI=1S/C16H14Cl2N4O3S/c1-3-4-12-20-21-16(26-12)19-13(23)7(2)22-14(24)8-5-10(17)11(18)6-9(8)15(22)25/h5-7H,3-4H2,1-2H3,(H,19,21,23). The molecule has 26 heavy (non-hydrogen) atoms. The number of anilines is 1. The number of hydrogen-bond donors (Lipinski definition) is 1. The predicted molar refractivity (Wildman–Crippen MR) is 99.0 cm³/mol. The summed E-state index contributed by atoms with van der Waals surface area (Å²) in [7, 11) is 0. The number of nitrogens with zero attached hydrogens (tertiary/aromatic N) is 3. The highest BCUT2D eigenvalue weighted by Gasteiger charge is 2.41. The van der Waals surface area contributed by atoms with E-state index in [0.717, 1.165) is 22.7 Å². The van der Waals surface area contributed by atoms with Crippen LogP contribution in [-0.2, 0) is 11.2 Å². The number of carbonyl (C=O) groups excluding carboxylic acids is 3. The maximum absolute atomic E-state index is 12.6. The third-order valence-corrected chi connectivity index (χ3v) is 5.51. The molecule has 0 bridgehead atoms. The Bertz CT molecular complexity index is 874. The fourth-order valence-corrected chi connectivity index (χ4v) is 3.72. The van der Waals surface area contributed by atoms with Gasteiger partial charge in [-0.15, -0.1) is 10.2 Å². The molecule has 1 unspecified atom stereocenters. The number of benzene rings is 1. The molecule has 0 radical (unpaired) electrons. The lowest BCUT2D eigenvalue weighted by atomic mass is 10.1. The second-order valence-corrected chi connectivity index (χ2v) is 7.58. The zero-order chi connectivity index (χ0) is 19.0. The van der Waals surface area contributed by atoms with Gasteiger partial charge in [0.2, 0.25) is 11.0 Å². The van der Waals surface area contributed by atoms with Crippen molar-refractivity contribution in [1.82, 2.24) is 15.1 Å². The highest BCUT2D eigenvalue weighted by Crippen LogP contribution is 2.32. The van der Waals surface area contributed by atoms with Gasteiger partial charge in [0, 0.05) is 6.42 Å². The van der Waals surface area contributed by atoms with Gasteiger partial charge in [-0.05, 0) is 25.5 Å². The number of aryl methyl sites for hydroxylation is 1. The fraction of sp³-hybridized carbons (Fsp3) is 0.312. The molecule has 0 aliphatic carbocycles. The number of halogens is 2. The van der Waals surface area contributed by atoms with E-state index in [9.17, 15) is 14.4 Å². The second-order valence-electron chi connectivity index (χ2n) is 5.71. The molecular formula is C16H14Cl2N4O3S. The topological polar surface area (TPSA) is 92.3 Å². The van der Waals surface area contributed by atoms with Crippen molar-refractivity contribution in [3.63, 3.8) is 0 Å². The van der Waals surface area contributed by atoms with Crippen LogP contribution in [0, 0.1) is 0 Å². The molecule has 1 aromatic heterocycles. The van der Waals surface area contributed by atoms with E-state index in [0.29, 0.717) is 5.13 Å². The Morgan fingerprint density at radius 3 is 2.31 bits per heavy atom. The normalized spacial score (nSPS) is 14.5. The van der Waals surface area contributed by atoms with Crippen molar-refractivity contribution in [3.8, 4) is 0 Å². The third-order valence-electron chi connectivity index (χ3n) is 3.89. The summed E-state index contributed by atoms with van der Waals surface area (Å²) in [6.07, 6.45) is 1.68. The minimum atomic E-state index is -1.03. The highest BCUT2D eigenvalue weighted by molar-refractivity contribution is 7.15. The molecule has 136 valence electrons. The molecule has 3 amide bonds. The minimum Gasteiger partial charge on any atom is -0.299 e. The van der Waals surface area contributed by atoms with Gasteiger partial charge in [-0.1, -0.05) is 41.5 Å². The Morgan fingerprint density at radius 1 is 1.19 bits per heavy atom. The van der Waals surface area contributed by atoms with Gasteiger partial charge in [0.25, 0.3) is 11.8 Å². The maximum Gasteiger partial charge on any atom is 0.262 e. The first-order valence-electron chi connectivity index (χ1n) is 7.83. The zero-order valence-corrected chi connectivity index (χ0v) is 16.2. The van der Waals surface area contributed by atoms with Crippen LogP contribution in [0.15, 0.2) is 12.1 Å². The van der Waals surface area contributed by atoms with Crippen molar-refractivity contribution in [2.75, 3.05) is 5.32 Å². The molecular weight excluding hydrogens is 399 g/mol. The van der Waals surface area contributed by atoms with Crippen molar-refractivity contribution in [1.29, 1.82) is 0 Å². The van der Waals surface area contributed by atoms with Crippen LogP contribution in [0.25, 0.3) is 0 Å². The van der Waals surface area contributed by atoms with Gasteiger partial charge in [-0.2, -0.15) is 0 Å². The summed E-state index contributed by atoms with van der Waals surface area (Å²) in [5.74, 6) is -1.71. The van der Waals surface area contributed by atoms with Crippen molar-refractivity contribution < 1.29 is 14.4 Å². The molecule has 1 aromatic carbocycles. The lowest BCUT2D eigenvalue weighted by Gasteiger charge is -2.20. The van der Waals surface area contributed by atoms with Gasteiger partial charge in [-0.25, -0.2) is 0 Å². The molecule has 1 aliphatic rings. The summed E-state index contributed by atoms with van der Waals surface area (Å²) >= 11 is 13.1. The van der Waals surface area contributed by atoms with Crippen LogP contribution in [0.5, 0.6) is 0 Å². The van der Waals surface area contributed by atoms with E-state index >= 15 is 0 Å². The Morgan fingerprint density at radius 2 is 1.77 bits per heavy atom. The number of carbonyl (C=O) groups is 3. The van der Waals surface area contributed by atoms with E-state index in [2.05, 4.69) is 15.5 Å². The molecule has 2 heterocycles. The lowest BCUT2D eigenvalue weighted by Crippen LogP contribution is -2.45. The van der Waals surface area contributed by atoms with E-state index in [4.69, 9.17) is 23.2 Å². The minimum absolute atomic E-state index is 0.130. The molecule has 0 saturated carbocycles. The third kappa shape index (κ3) is 3.32. The molecule has 1 N–H and O–H groups in total. The monoisotopic (exact) mass is 412 g/mol. The fourth-order valence-electron chi connectivity index (χ4n) is 2.55. The van der Waals surface area contributed by atoms with E-state index in [1.807, 2.05) is 6.92 Å². The first-order valence-corrected chi connectivity index (χ1v) is 9.41. The van der Waals surface area contributed by atoms with Crippen LogP contribution in [-0.4, -0.2) is 38.9 Å². The van der Waals surface area contributed by atoms with Crippen LogP contribution < -0.4 is 5.32 Å². The van der Waals surface area contributed by atoms with Crippen molar-refractivity contribution in [2.24, 2.45) is 0 Å². The van der Waals surface area contributed by atoms with E-state index in [-0.39, 0.29) is 21.2 Å². The van der Waals surface area contributed by atoms with Gasteiger partial charge < -0.3 is 0 Å². The van der Waals surface area contributed by atoms with Crippen LogP contribution in [0.1, 0.15) is 46.0 Å². The Hall–Kier alpha value is -2.03. The average molecular weight is 413 g/mol. The van der Waals surface area contributed by atoms with Crippen molar-refractivity contribution in [3.05, 3.63) is 38.3 Å². The molecule has 0 saturated heterocycles. The van der Waals surface area contributed by atoms with Gasteiger partial charge in [-0.3, -0.25) is 24.6 Å². The number of aromatic nitrogens is 2. The molecule has 0 fully saturated rings. The SMILES string of the molecule is CCCc1nnc(NC(=O)C(C)N2C(=O)c3cc(Cl)c(Cl)cc3C2=O)s1. The summed E-state index contributed by atoms with van der Waals surface area (Å²) in [5, 5.41) is 11.9. The van der Waals surface area contributed by atoms with Gasteiger partial charge >= 0.3 is 0 Å². The molecule has 1 atom stereocenters. The van der Waals surface area contributed by atoms with Gasteiger partial charge in [0.15, 0.2) is 0 Å². The number of hydrogen-bond acceptors (Lipinski definition) is 6. The first kappa shape index (κ1) is 18.8. The zero-order valence-electron chi connectivity index (χ0n) is 13.9. The number of nitrogens with one attached hydrogen (secondary N) is 1. The van der Waals surface area contributed by atoms with Crippen molar-refractivity contribution >= 4 is 57.4 Å². The Labute approximate surface area is 163 Å². The molecule has 7 nitrogen and oxygen atoms in total. The van der Waals surface area contributed by atoms with E-state index in [1.165, 1.54) is 30.4 Å². The number of fused-ring (bicyclic) bond motifs is 1. The number of rotatable bonds is 5. The van der Waals surface area contributed by atoms with E-state index in [1.54, 1.807) is 0 Å². The van der Waals surface area contributed by atoms with Crippen LogP contribution in [0.3, 0.4) is 0 Å². The quantitative estimate of drug-likeness (QED) is 0.759. The predicted octanol–water partition coefficient (Wildman–Crippen LogP) is 3.42. The van der Waals surface area contributed by atoms with Crippen LogP contribution in [0.2, 0.25) is 10.0 Å². The van der Waals surface area contributed by atoms with Crippen LogP contribution in [0.4, 0.5) is 5.13 Å². The van der Waals surface area contributed by atoms with Crippen molar-refractivity contribution in [2.45, 2.75) is 32.7 Å². The molecule has 0 spiro atoms. The molecule has 1 aliphatic heterocycles. The number of imide groups is 1. The Balaban J connectivity index is 1.79. The van der Waals surface area contributed by atoms with Crippen LogP contribution >= 0.6 is 34.5 Å².